The molecule has 2 aromatic heterocycles. The number of aryl methyl sites for hydroxylation is 2. The molecule has 0 spiro atoms. The van der Waals surface area contributed by atoms with Gasteiger partial charge in [-0.15, -0.1) is 0 Å². The van der Waals surface area contributed by atoms with Crippen LogP contribution in [0.5, 0.6) is 0 Å². The first-order valence-corrected chi connectivity index (χ1v) is 14.0. The van der Waals surface area contributed by atoms with Crippen molar-refractivity contribution in [3.8, 4) is 11.1 Å². The molecule has 2 fully saturated rings. The number of fused-ring (bicyclic) bond motifs is 1. The first-order valence-electron chi connectivity index (χ1n) is 13.6. The van der Waals surface area contributed by atoms with Gasteiger partial charge in [0.2, 0.25) is 5.91 Å². The molecule has 0 bridgehead atoms. The van der Waals surface area contributed by atoms with Gasteiger partial charge in [0.15, 0.2) is 0 Å². The second kappa shape index (κ2) is 9.75. The maximum Gasteiger partial charge on any atom is 0.227 e. The number of amides is 1. The third-order valence-corrected chi connectivity index (χ3v) is 8.67. The lowest BCUT2D eigenvalue weighted by Crippen LogP contribution is -2.40. The number of hydrogen-bond acceptors (Lipinski definition) is 5. The highest BCUT2D eigenvalue weighted by Crippen LogP contribution is 2.43. The molecule has 9 heteroatoms. The van der Waals surface area contributed by atoms with E-state index in [1.54, 1.807) is 11.0 Å². The minimum absolute atomic E-state index is 0.0214. The molecule has 1 saturated heterocycles. The Bertz CT molecular complexity index is 1550. The van der Waals surface area contributed by atoms with Crippen molar-refractivity contribution in [1.82, 2.24) is 14.7 Å². The summed E-state index contributed by atoms with van der Waals surface area (Å²) in [6, 6.07) is 10.5. The Morgan fingerprint density at radius 1 is 1.13 bits per heavy atom. The zero-order valence-electron chi connectivity index (χ0n) is 22.4. The number of rotatable bonds is 4. The fraction of sp³-hybridized carbons (Fsp3) is 0.433. The van der Waals surface area contributed by atoms with E-state index in [9.17, 15) is 14.3 Å². The molecule has 1 atom stereocenters. The second-order valence-electron chi connectivity index (χ2n) is 11.2. The smallest absolute Gasteiger partial charge is 0.227 e. The molecule has 2 aliphatic rings. The summed E-state index contributed by atoms with van der Waals surface area (Å²) in [6.45, 7) is 5.71. The van der Waals surface area contributed by atoms with Crippen LogP contribution in [0.25, 0.3) is 22.2 Å². The summed E-state index contributed by atoms with van der Waals surface area (Å²) >= 11 is 5.97. The molecular formula is C30H32ClFN4O3. The van der Waals surface area contributed by atoms with Gasteiger partial charge in [-0.3, -0.25) is 4.79 Å². The second-order valence-corrected chi connectivity index (χ2v) is 11.6. The number of hydrogen-bond donors (Lipinski definition) is 1. The van der Waals surface area contributed by atoms with Gasteiger partial charge in [0.1, 0.15) is 17.4 Å². The number of benzene rings is 2. The number of anilines is 1. The maximum atomic E-state index is 14.5. The van der Waals surface area contributed by atoms with E-state index < -0.39 is 11.4 Å². The molecule has 6 rings (SSSR count). The molecule has 1 saturated carbocycles. The van der Waals surface area contributed by atoms with Gasteiger partial charge in [-0.2, -0.15) is 0 Å². The van der Waals surface area contributed by atoms with Crippen molar-refractivity contribution in [3.63, 3.8) is 0 Å². The van der Waals surface area contributed by atoms with E-state index in [0.717, 1.165) is 58.7 Å². The third kappa shape index (κ3) is 4.63. The van der Waals surface area contributed by atoms with E-state index in [-0.39, 0.29) is 23.0 Å². The summed E-state index contributed by atoms with van der Waals surface area (Å²) < 4.78 is 22.2. The largest absolute Gasteiger partial charge is 0.390 e. The maximum absolute atomic E-state index is 14.5. The van der Waals surface area contributed by atoms with Crippen LogP contribution in [-0.2, 0) is 4.79 Å². The summed E-state index contributed by atoms with van der Waals surface area (Å²) in [5.74, 6) is 0.915. The van der Waals surface area contributed by atoms with Crippen molar-refractivity contribution < 1.29 is 18.8 Å². The first-order chi connectivity index (χ1) is 18.6. The number of carbonyl (C=O) groups is 1. The molecule has 0 unspecified atom stereocenters. The van der Waals surface area contributed by atoms with Gasteiger partial charge in [0, 0.05) is 23.7 Å². The third-order valence-electron chi connectivity index (χ3n) is 8.36. The van der Waals surface area contributed by atoms with Crippen LogP contribution in [0, 0.1) is 19.7 Å². The van der Waals surface area contributed by atoms with Crippen LogP contribution in [0.1, 0.15) is 81.2 Å². The van der Waals surface area contributed by atoms with Crippen LogP contribution in [0.2, 0.25) is 5.02 Å². The molecule has 1 aliphatic heterocycles. The van der Waals surface area contributed by atoms with Crippen LogP contribution in [0.15, 0.2) is 40.9 Å². The quantitative estimate of drug-likeness (QED) is 0.290. The molecule has 1 aliphatic carbocycles. The Kier molecular flexibility index (Phi) is 6.50. The van der Waals surface area contributed by atoms with Crippen LogP contribution >= 0.6 is 11.6 Å². The molecule has 1 amide bonds. The number of piperidine rings is 1. The average Bonchev–Trinajstić information content (AvgIpc) is 3.44. The lowest BCUT2D eigenvalue weighted by atomic mass is 9.83. The normalized spacial score (nSPS) is 24.1. The number of aromatic nitrogens is 3. The molecule has 1 N–H and O–H groups in total. The Hall–Kier alpha value is -3.23. The number of carbonyl (C=O) groups excluding carboxylic acids is 1. The van der Waals surface area contributed by atoms with E-state index in [1.165, 1.54) is 12.1 Å². The number of nitrogens with zero attached hydrogens (tertiary/aromatic N) is 4. The molecule has 3 heterocycles. The molecule has 7 nitrogen and oxygen atoms in total. The van der Waals surface area contributed by atoms with Crippen molar-refractivity contribution in [2.75, 3.05) is 4.90 Å². The Labute approximate surface area is 231 Å². The van der Waals surface area contributed by atoms with Crippen molar-refractivity contribution in [1.29, 1.82) is 0 Å². The number of halogens is 2. The summed E-state index contributed by atoms with van der Waals surface area (Å²) in [5, 5.41) is 14.8. The van der Waals surface area contributed by atoms with Crippen LogP contribution in [0.3, 0.4) is 0 Å². The zero-order chi connectivity index (χ0) is 27.5. The summed E-state index contributed by atoms with van der Waals surface area (Å²) in [6.07, 6.45) is 4.79. The van der Waals surface area contributed by atoms with Gasteiger partial charge in [-0.25, -0.2) is 9.37 Å². The fourth-order valence-electron chi connectivity index (χ4n) is 6.34. The predicted molar refractivity (Wildman–Crippen MR) is 148 cm³/mol. The predicted octanol–water partition coefficient (Wildman–Crippen LogP) is 7.22. The lowest BCUT2D eigenvalue weighted by molar-refractivity contribution is -0.120. The molecule has 39 heavy (non-hydrogen) atoms. The summed E-state index contributed by atoms with van der Waals surface area (Å²) in [4.78, 5) is 20.2. The number of imidazole rings is 1. The molecule has 204 valence electrons. The monoisotopic (exact) mass is 550 g/mol. The van der Waals surface area contributed by atoms with Crippen molar-refractivity contribution in [2.45, 2.75) is 83.4 Å². The molecular weight excluding hydrogens is 519 g/mol. The lowest BCUT2D eigenvalue weighted by Gasteiger charge is -2.38. The fourth-order valence-corrected chi connectivity index (χ4v) is 6.46. The van der Waals surface area contributed by atoms with Crippen molar-refractivity contribution in [2.24, 2.45) is 0 Å². The Balaban J connectivity index is 1.51. The van der Waals surface area contributed by atoms with Gasteiger partial charge in [0.25, 0.3) is 0 Å². The van der Waals surface area contributed by atoms with E-state index in [2.05, 4.69) is 27.9 Å². The Morgan fingerprint density at radius 2 is 1.90 bits per heavy atom. The number of aliphatic hydroxyl groups is 1. The molecule has 2 aromatic carbocycles. The zero-order valence-corrected chi connectivity index (χ0v) is 23.1. The highest BCUT2D eigenvalue weighted by Gasteiger charge is 2.37. The average molecular weight is 551 g/mol. The van der Waals surface area contributed by atoms with Gasteiger partial charge in [-0.1, -0.05) is 22.8 Å². The highest BCUT2D eigenvalue weighted by atomic mass is 35.5. The van der Waals surface area contributed by atoms with Crippen LogP contribution < -0.4 is 4.90 Å². The Morgan fingerprint density at radius 3 is 2.59 bits per heavy atom. The minimum Gasteiger partial charge on any atom is -0.390 e. The minimum atomic E-state index is -0.683. The van der Waals surface area contributed by atoms with Crippen LogP contribution in [-0.4, -0.2) is 31.3 Å². The van der Waals surface area contributed by atoms with E-state index >= 15 is 0 Å². The van der Waals surface area contributed by atoms with Gasteiger partial charge < -0.3 is 19.1 Å². The van der Waals surface area contributed by atoms with Gasteiger partial charge >= 0.3 is 0 Å². The van der Waals surface area contributed by atoms with Gasteiger partial charge in [-0.05, 0) is 95.2 Å². The summed E-state index contributed by atoms with van der Waals surface area (Å²) in [5.41, 5.74) is 4.33. The first kappa shape index (κ1) is 26.0. The van der Waals surface area contributed by atoms with E-state index in [4.69, 9.17) is 21.1 Å². The van der Waals surface area contributed by atoms with Crippen LogP contribution in [0.4, 0.5) is 10.1 Å². The van der Waals surface area contributed by atoms with Crippen molar-refractivity contribution >= 4 is 34.2 Å². The standard InChI is InChI=1S/C30H32ClFN4O3/c1-17-28(18(2)39-34-17)19-7-10-25-24(15-19)33-29(36(25)20-11-13-30(3,38)14-12-20)26-5-4-6-27(37)35(26)21-8-9-22(31)23(32)16-21/h7-10,15-16,20,26,38H,4-6,11-14H2,1-3H3/t20-,26-,30+/m0/s1. The SMILES string of the molecule is Cc1noc(C)c1-c1ccc2c(c1)nc([C@@H]1CCCC(=O)N1c1ccc(Cl)c(F)c1)n2[C@H]1CC[C@@](C)(O)CC1. The van der Waals surface area contributed by atoms with Crippen molar-refractivity contribution in [3.05, 3.63) is 64.5 Å². The topological polar surface area (TPSA) is 84.4 Å². The molecule has 4 aromatic rings. The molecule has 0 radical (unpaired) electrons. The van der Waals surface area contributed by atoms with Gasteiger partial charge in [0.05, 0.1) is 33.4 Å². The highest BCUT2D eigenvalue weighted by molar-refractivity contribution is 6.30. The van der Waals surface area contributed by atoms with E-state index in [0.29, 0.717) is 31.4 Å². The summed E-state index contributed by atoms with van der Waals surface area (Å²) in [7, 11) is 0. The van der Waals surface area contributed by atoms with E-state index in [1.807, 2.05) is 20.8 Å².